The standard InChI is InChI=1S/C23H20O4/c1-23-12-11-14(13-23)18-19(23)20(24)16-9-5-6-10-17(16)21(18)27-22(25)26-15-7-3-2-4-8-15/h2-10,14,24H,11-13H2,1H3. The van der Waals surface area contributed by atoms with E-state index in [1.165, 1.54) is 0 Å². The molecule has 3 aromatic carbocycles. The highest BCUT2D eigenvalue weighted by Gasteiger charge is 2.50. The van der Waals surface area contributed by atoms with Gasteiger partial charge in [-0.2, -0.15) is 0 Å². The minimum absolute atomic E-state index is 0.0600. The van der Waals surface area contributed by atoms with Crippen molar-refractivity contribution in [2.24, 2.45) is 0 Å². The summed E-state index contributed by atoms with van der Waals surface area (Å²) < 4.78 is 11.1. The third-order valence-corrected chi connectivity index (χ3v) is 6.06. The highest BCUT2D eigenvalue weighted by atomic mass is 16.7. The molecule has 1 fully saturated rings. The first-order valence-electron chi connectivity index (χ1n) is 9.29. The molecule has 136 valence electrons. The van der Waals surface area contributed by atoms with Crippen LogP contribution >= 0.6 is 0 Å². The van der Waals surface area contributed by atoms with Crippen molar-refractivity contribution in [1.82, 2.24) is 0 Å². The fourth-order valence-electron chi connectivity index (χ4n) is 4.92. The molecular weight excluding hydrogens is 340 g/mol. The zero-order valence-corrected chi connectivity index (χ0v) is 15.1. The summed E-state index contributed by atoms with van der Waals surface area (Å²) in [6.45, 7) is 2.19. The molecule has 2 unspecified atom stereocenters. The largest absolute Gasteiger partial charge is 0.519 e. The third kappa shape index (κ3) is 2.40. The molecule has 0 spiro atoms. The van der Waals surface area contributed by atoms with Crippen molar-refractivity contribution in [3.8, 4) is 17.2 Å². The van der Waals surface area contributed by atoms with Gasteiger partial charge in [0.25, 0.3) is 0 Å². The van der Waals surface area contributed by atoms with Gasteiger partial charge in [0.05, 0.1) is 0 Å². The Balaban J connectivity index is 1.63. The van der Waals surface area contributed by atoms with Gasteiger partial charge in [0.1, 0.15) is 17.2 Å². The zero-order valence-electron chi connectivity index (χ0n) is 15.1. The fourth-order valence-corrected chi connectivity index (χ4v) is 4.92. The monoisotopic (exact) mass is 360 g/mol. The molecule has 2 aliphatic rings. The van der Waals surface area contributed by atoms with Gasteiger partial charge in [-0.05, 0) is 42.7 Å². The number of rotatable bonds is 2. The Hall–Kier alpha value is -3.01. The quantitative estimate of drug-likeness (QED) is 0.473. The number of benzene rings is 3. The summed E-state index contributed by atoms with van der Waals surface area (Å²) in [6, 6.07) is 16.4. The molecule has 1 N–H and O–H groups in total. The number of hydrogen-bond donors (Lipinski definition) is 1. The van der Waals surface area contributed by atoms with E-state index < -0.39 is 6.16 Å². The SMILES string of the molecule is CC12CCC(C1)c1c2c(O)c2ccccc2c1OC(=O)Oc1ccccc1. The van der Waals surface area contributed by atoms with Crippen molar-refractivity contribution in [2.75, 3.05) is 0 Å². The van der Waals surface area contributed by atoms with Gasteiger partial charge in [-0.1, -0.05) is 49.4 Å². The predicted octanol–water partition coefficient (Wildman–Crippen LogP) is 5.66. The number of aromatic hydroxyl groups is 1. The Labute approximate surface area is 157 Å². The van der Waals surface area contributed by atoms with Crippen LogP contribution in [0.1, 0.15) is 43.2 Å². The number of fused-ring (bicyclic) bond motifs is 6. The van der Waals surface area contributed by atoms with E-state index >= 15 is 0 Å². The first-order chi connectivity index (χ1) is 13.1. The van der Waals surface area contributed by atoms with E-state index in [4.69, 9.17) is 9.47 Å². The van der Waals surface area contributed by atoms with Crippen LogP contribution in [0.5, 0.6) is 17.2 Å². The summed E-state index contributed by atoms with van der Waals surface area (Å²) in [5.41, 5.74) is 1.86. The lowest BCUT2D eigenvalue weighted by Gasteiger charge is -2.27. The summed E-state index contributed by atoms with van der Waals surface area (Å²) >= 11 is 0. The molecule has 2 bridgehead atoms. The summed E-state index contributed by atoms with van der Waals surface area (Å²) in [6.07, 6.45) is 2.32. The van der Waals surface area contributed by atoms with Crippen molar-refractivity contribution >= 4 is 16.9 Å². The Morgan fingerprint density at radius 3 is 2.52 bits per heavy atom. The molecular formula is C23H20O4. The molecule has 1 saturated carbocycles. The first-order valence-corrected chi connectivity index (χ1v) is 9.29. The molecule has 3 aromatic rings. The number of para-hydroxylation sites is 1. The van der Waals surface area contributed by atoms with E-state index in [2.05, 4.69) is 6.92 Å². The molecule has 0 heterocycles. The van der Waals surface area contributed by atoms with Crippen molar-refractivity contribution in [3.05, 3.63) is 65.7 Å². The van der Waals surface area contributed by atoms with Crippen LogP contribution in [0.2, 0.25) is 0 Å². The van der Waals surface area contributed by atoms with Gasteiger partial charge in [0, 0.05) is 21.9 Å². The first kappa shape index (κ1) is 16.2. The zero-order chi connectivity index (χ0) is 18.6. The van der Waals surface area contributed by atoms with E-state index in [0.29, 0.717) is 28.6 Å². The second-order valence-corrected chi connectivity index (χ2v) is 7.78. The average Bonchev–Trinajstić information content (AvgIpc) is 3.20. The van der Waals surface area contributed by atoms with Crippen LogP contribution in [0.3, 0.4) is 0 Å². The van der Waals surface area contributed by atoms with Crippen molar-refractivity contribution in [2.45, 2.75) is 37.5 Å². The average molecular weight is 360 g/mol. The molecule has 0 amide bonds. The summed E-state index contributed by atoms with van der Waals surface area (Å²) in [5.74, 6) is 1.61. The van der Waals surface area contributed by atoms with Gasteiger partial charge in [0.15, 0.2) is 0 Å². The minimum atomic E-state index is -0.757. The lowest BCUT2D eigenvalue weighted by Crippen LogP contribution is -2.19. The predicted molar refractivity (Wildman–Crippen MR) is 103 cm³/mol. The fraction of sp³-hybridized carbons (Fsp3) is 0.261. The molecule has 0 saturated heterocycles. The molecule has 4 nitrogen and oxygen atoms in total. The van der Waals surface area contributed by atoms with E-state index in [-0.39, 0.29) is 5.41 Å². The number of phenolic OH excluding ortho intramolecular Hbond substituents is 1. The van der Waals surface area contributed by atoms with Crippen molar-refractivity contribution < 1.29 is 19.4 Å². The highest BCUT2D eigenvalue weighted by Crippen LogP contribution is 2.63. The van der Waals surface area contributed by atoms with Crippen LogP contribution in [-0.4, -0.2) is 11.3 Å². The van der Waals surface area contributed by atoms with Gasteiger partial charge < -0.3 is 14.6 Å². The van der Waals surface area contributed by atoms with E-state index in [0.717, 1.165) is 35.8 Å². The minimum Gasteiger partial charge on any atom is -0.507 e. The molecule has 2 atom stereocenters. The Kier molecular flexibility index (Phi) is 3.44. The summed E-state index contributed by atoms with van der Waals surface area (Å²) in [4.78, 5) is 12.5. The van der Waals surface area contributed by atoms with Crippen LogP contribution in [0.25, 0.3) is 10.8 Å². The topological polar surface area (TPSA) is 55.8 Å². The van der Waals surface area contributed by atoms with Gasteiger partial charge in [-0.25, -0.2) is 4.79 Å². The highest BCUT2D eigenvalue weighted by molar-refractivity contribution is 5.98. The van der Waals surface area contributed by atoms with Crippen LogP contribution in [0.15, 0.2) is 54.6 Å². The van der Waals surface area contributed by atoms with Crippen LogP contribution < -0.4 is 9.47 Å². The molecule has 27 heavy (non-hydrogen) atoms. The Morgan fingerprint density at radius 2 is 1.74 bits per heavy atom. The molecule has 0 aliphatic heterocycles. The number of ether oxygens (including phenoxy) is 2. The van der Waals surface area contributed by atoms with E-state index in [1.807, 2.05) is 30.3 Å². The normalized spacial score (nSPS) is 22.6. The summed E-state index contributed by atoms with van der Waals surface area (Å²) in [7, 11) is 0. The number of carbonyl (C=O) groups is 1. The van der Waals surface area contributed by atoms with Gasteiger partial charge >= 0.3 is 6.16 Å². The van der Waals surface area contributed by atoms with Crippen molar-refractivity contribution in [1.29, 1.82) is 0 Å². The van der Waals surface area contributed by atoms with Gasteiger partial charge in [0.2, 0.25) is 0 Å². The third-order valence-electron chi connectivity index (χ3n) is 6.06. The number of hydrogen-bond acceptors (Lipinski definition) is 4. The maximum absolute atomic E-state index is 12.5. The maximum atomic E-state index is 12.5. The number of phenols is 1. The second-order valence-electron chi connectivity index (χ2n) is 7.78. The van der Waals surface area contributed by atoms with Crippen LogP contribution in [-0.2, 0) is 5.41 Å². The number of carbonyl (C=O) groups excluding carboxylic acids is 1. The van der Waals surface area contributed by atoms with Crippen molar-refractivity contribution in [3.63, 3.8) is 0 Å². The van der Waals surface area contributed by atoms with Crippen LogP contribution in [0, 0.1) is 0 Å². The molecule has 0 aromatic heterocycles. The smallest absolute Gasteiger partial charge is 0.507 e. The molecule has 2 aliphatic carbocycles. The summed E-state index contributed by atoms with van der Waals surface area (Å²) in [5, 5.41) is 12.4. The Bertz CT molecular complexity index is 1060. The Morgan fingerprint density at radius 1 is 1.04 bits per heavy atom. The molecule has 4 heteroatoms. The maximum Gasteiger partial charge on any atom is 0.519 e. The van der Waals surface area contributed by atoms with E-state index in [9.17, 15) is 9.90 Å². The lowest BCUT2D eigenvalue weighted by atomic mass is 9.79. The lowest BCUT2D eigenvalue weighted by molar-refractivity contribution is 0.152. The van der Waals surface area contributed by atoms with Gasteiger partial charge in [-0.3, -0.25) is 0 Å². The van der Waals surface area contributed by atoms with Gasteiger partial charge in [-0.15, -0.1) is 0 Å². The molecule has 0 radical (unpaired) electrons. The van der Waals surface area contributed by atoms with Crippen LogP contribution in [0.4, 0.5) is 4.79 Å². The second kappa shape index (κ2) is 5.74. The van der Waals surface area contributed by atoms with E-state index in [1.54, 1.807) is 24.3 Å². The molecule has 5 rings (SSSR count).